The molecular weight excluding hydrogens is 308 g/mol. The lowest BCUT2D eigenvalue weighted by molar-refractivity contribution is -0.129. The summed E-state index contributed by atoms with van der Waals surface area (Å²) in [7, 11) is 0. The zero-order chi connectivity index (χ0) is 16.5. The Morgan fingerprint density at radius 2 is 1.88 bits per heavy atom. The molecule has 6 nitrogen and oxygen atoms in total. The Morgan fingerprint density at radius 3 is 2.67 bits per heavy atom. The summed E-state index contributed by atoms with van der Waals surface area (Å²) >= 11 is 0. The van der Waals surface area contributed by atoms with Gasteiger partial charge in [0, 0.05) is 30.8 Å². The van der Waals surface area contributed by atoms with Gasteiger partial charge < -0.3 is 19.7 Å². The normalized spacial score (nSPS) is 23.6. The van der Waals surface area contributed by atoms with Crippen molar-refractivity contribution in [2.75, 3.05) is 25.1 Å². The number of ether oxygens (including phenoxy) is 2. The fraction of sp³-hybridized carbons (Fsp3) is 0.556. The highest BCUT2D eigenvalue weighted by Gasteiger charge is 2.38. The molecular formula is C18H22N2O4. The van der Waals surface area contributed by atoms with E-state index >= 15 is 0 Å². The Kier molecular flexibility index (Phi) is 4.04. The summed E-state index contributed by atoms with van der Waals surface area (Å²) in [5, 5.41) is 2.91. The maximum atomic E-state index is 12.5. The predicted molar refractivity (Wildman–Crippen MR) is 88.1 cm³/mol. The lowest BCUT2D eigenvalue weighted by atomic mass is 10.1. The smallest absolute Gasteiger partial charge is 0.229 e. The van der Waals surface area contributed by atoms with Gasteiger partial charge in [-0.2, -0.15) is 0 Å². The molecule has 2 amide bonds. The highest BCUT2D eigenvalue weighted by Crippen LogP contribution is 2.33. The minimum atomic E-state index is -0.272. The molecule has 3 aliphatic rings. The molecule has 1 saturated carbocycles. The maximum absolute atomic E-state index is 12.5. The van der Waals surface area contributed by atoms with Gasteiger partial charge in [0.25, 0.3) is 0 Å². The van der Waals surface area contributed by atoms with Crippen molar-refractivity contribution in [3.63, 3.8) is 0 Å². The predicted octanol–water partition coefficient (Wildman–Crippen LogP) is 2.19. The number of hydrogen-bond donors (Lipinski definition) is 1. The van der Waals surface area contributed by atoms with Crippen LogP contribution in [0.5, 0.6) is 11.5 Å². The van der Waals surface area contributed by atoms with Gasteiger partial charge in [-0.3, -0.25) is 9.59 Å². The van der Waals surface area contributed by atoms with Crippen LogP contribution in [0.2, 0.25) is 0 Å². The highest BCUT2D eigenvalue weighted by atomic mass is 16.6. The molecule has 1 aromatic carbocycles. The van der Waals surface area contributed by atoms with Gasteiger partial charge in [-0.05, 0) is 25.0 Å². The highest BCUT2D eigenvalue weighted by molar-refractivity contribution is 5.97. The summed E-state index contributed by atoms with van der Waals surface area (Å²) in [6.07, 6.45) is 4.82. The van der Waals surface area contributed by atoms with E-state index in [0.717, 1.165) is 12.8 Å². The average Bonchev–Trinajstić information content (AvgIpc) is 3.24. The van der Waals surface area contributed by atoms with Gasteiger partial charge in [-0.1, -0.05) is 12.8 Å². The second-order valence-electron chi connectivity index (χ2n) is 6.73. The standard InChI is InChI=1S/C18H22N2O4/c21-17-9-12(11-20(17)14-3-1-2-4-14)18(22)19-13-5-6-15-16(10-13)24-8-7-23-15/h5-6,10,12,14H,1-4,7-9,11H2,(H,19,22). The molecule has 6 heteroatoms. The third kappa shape index (κ3) is 2.92. The molecule has 0 radical (unpaired) electrons. The van der Waals surface area contributed by atoms with Gasteiger partial charge >= 0.3 is 0 Å². The number of carbonyl (C=O) groups excluding carboxylic acids is 2. The van der Waals surface area contributed by atoms with Gasteiger partial charge in [0.15, 0.2) is 11.5 Å². The lowest BCUT2D eigenvalue weighted by Gasteiger charge is -2.24. The number of hydrogen-bond acceptors (Lipinski definition) is 4. The first kappa shape index (κ1) is 15.3. The van der Waals surface area contributed by atoms with Crippen molar-refractivity contribution in [3.05, 3.63) is 18.2 Å². The van der Waals surface area contributed by atoms with Gasteiger partial charge in [-0.25, -0.2) is 0 Å². The van der Waals surface area contributed by atoms with Crippen LogP contribution in [0, 0.1) is 5.92 Å². The van der Waals surface area contributed by atoms with Gasteiger partial charge in [-0.15, -0.1) is 0 Å². The van der Waals surface area contributed by atoms with E-state index in [4.69, 9.17) is 9.47 Å². The number of carbonyl (C=O) groups is 2. The number of fused-ring (bicyclic) bond motifs is 1. The van der Waals surface area contributed by atoms with Crippen LogP contribution in [0.1, 0.15) is 32.1 Å². The quantitative estimate of drug-likeness (QED) is 0.922. The van der Waals surface area contributed by atoms with E-state index in [1.165, 1.54) is 12.8 Å². The third-order valence-electron chi connectivity index (χ3n) is 5.10. The van der Waals surface area contributed by atoms with Crippen molar-refractivity contribution in [2.45, 2.75) is 38.1 Å². The average molecular weight is 330 g/mol. The Bertz CT molecular complexity index is 654. The van der Waals surface area contributed by atoms with E-state index in [1.807, 2.05) is 4.90 Å². The van der Waals surface area contributed by atoms with E-state index < -0.39 is 0 Å². The van der Waals surface area contributed by atoms with E-state index in [2.05, 4.69) is 5.32 Å². The van der Waals surface area contributed by atoms with Crippen LogP contribution in [0.3, 0.4) is 0 Å². The van der Waals surface area contributed by atoms with Crippen LogP contribution in [-0.4, -0.2) is 42.5 Å². The van der Waals surface area contributed by atoms with Crippen molar-refractivity contribution in [3.8, 4) is 11.5 Å². The number of rotatable bonds is 3. The van der Waals surface area contributed by atoms with Crippen LogP contribution in [0.4, 0.5) is 5.69 Å². The van der Waals surface area contributed by atoms with Crippen LogP contribution >= 0.6 is 0 Å². The molecule has 1 unspecified atom stereocenters. The van der Waals surface area contributed by atoms with Crippen molar-refractivity contribution in [2.24, 2.45) is 5.92 Å². The molecule has 128 valence electrons. The number of amides is 2. The largest absolute Gasteiger partial charge is 0.486 e. The molecule has 1 aliphatic carbocycles. The topological polar surface area (TPSA) is 67.9 Å². The Morgan fingerprint density at radius 1 is 1.12 bits per heavy atom. The van der Waals surface area contributed by atoms with E-state index in [1.54, 1.807) is 18.2 Å². The summed E-state index contributed by atoms with van der Waals surface area (Å²) in [4.78, 5) is 26.7. The Hall–Kier alpha value is -2.24. The number of nitrogens with one attached hydrogen (secondary N) is 1. The first-order valence-corrected chi connectivity index (χ1v) is 8.71. The second-order valence-corrected chi connectivity index (χ2v) is 6.73. The molecule has 2 aliphatic heterocycles. The molecule has 4 rings (SSSR count). The van der Waals surface area contributed by atoms with Crippen LogP contribution in [-0.2, 0) is 9.59 Å². The van der Waals surface area contributed by atoms with Crippen molar-refractivity contribution < 1.29 is 19.1 Å². The first-order valence-electron chi connectivity index (χ1n) is 8.71. The number of nitrogens with zero attached hydrogens (tertiary/aromatic N) is 1. The Labute approximate surface area is 141 Å². The molecule has 2 fully saturated rings. The van der Waals surface area contributed by atoms with Crippen LogP contribution < -0.4 is 14.8 Å². The monoisotopic (exact) mass is 330 g/mol. The van der Waals surface area contributed by atoms with Crippen molar-refractivity contribution in [1.29, 1.82) is 0 Å². The number of likely N-dealkylation sites (tertiary alicyclic amines) is 1. The lowest BCUT2D eigenvalue weighted by Crippen LogP contribution is -2.35. The zero-order valence-electron chi connectivity index (χ0n) is 13.6. The number of anilines is 1. The first-order chi connectivity index (χ1) is 11.7. The molecule has 1 aromatic rings. The van der Waals surface area contributed by atoms with E-state index in [-0.39, 0.29) is 17.7 Å². The summed E-state index contributed by atoms with van der Waals surface area (Å²) in [5.74, 6) is 1.09. The fourth-order valence-corrected chi connectivity index (χ4v) is 3.84. The summed E-state index contributed by atoms with van der Waals surface area (Å²) < 4.78 is 11.0. The maximum Gasteiger partial charge on any atom is 0.229 e. The van der Waals surface area contributed by atoms with Crippen molar-refractivity contribution in [1.82, 2.24) is 4.90 Å². The molecule has 1 saturated heterocycles. The fourth-order valence-electron chi connectivity index (χ4n) is 3.84. The third-order valence-corrected chi connectivity index (χ3v) is 5.10. The molecule has 0 aromatic heterocycles. The van der Waals surface area contributed by atoms with Gasteiger partial charge in [0.05, 0.1) is 5.92 Å². The van der Waals surface area contributed by atoms with E-state index in [9.17, 15) is 9.59 Å². The SMILES string of the molecule is O=C(Nc1ccc2c(c1)OCCO2)C1CC(=O)N(C2CCCC2)C1. The molecule has 1 N–H and O–H groups in total. The van der Waals surface area contributed by atoms with Crippen LogP contribution in [0.25, 0.3) is 0 Å². The zero-order valence-corrected chi connectivity index (χ0v) is 13.6. The second kappa shape index (κ2) is 6.34. The summed E-state index contributed by atoms with van der Waals surface area (Å²) in [6.45, 7) is 1.59. The molecule has 2 heterocycles. The minimum Gasteiger partial charge on any atom is -0.486 e. The minimum absolute atomic E-state index is 0.0967. The van der Waals surface area contributed by atoms with E-state index in [0.29, 0.717) is 49.4 Å². The van der Waals surface area contributed by atoms with Gasteiger partial charge in [0.2, 0.25) is 11.8 Å². The molecule has 0 spiro atoms. The van der Waals surface area contributed by atoms with Crippen molar-refractivity contribution >= 4 is 17.5 Å². The Balaban J connectivity index is 1.40. The van der Waals surface area contributed by atoms with Crippen LogP contribution in [0.15, 0.2) is 18.2 Å². The molecule has 0 bridgehead atoms. The molecule has 1 atom stereocenters. The number of benzene rings is 1. The summed E-state index contributed by atoms with van der Waals surface area (Å²) in [5.41, 5.74) is 0.677. The summed E-state index contributed by atoms with van der Waals surface area (Å²) in [6, 6.07) is 5.72. The molecule has 24 heavy (non-hydrogen) atoms. The van der Waals surface area contributed by atoms with Gasteiger partial charge in [0.1, 0.15) is 13.2 Å².